The summed E-state index contributed by atoms with van der Waals surface area (Å²) in [7, 11) is 5.51. The van der Waals surface area contributed by atoms with Crippen LogP contribution in [0.15, 0.2) is 0 Å². The van der Waals surface area contributed by atoms with E-state index >= 15 is 0 Å². The molecule has 0 aromatic heterocycles. The van der Waals surface area contributed by atoms with Crippen molar-refractivity contribution in [2.24, 2.45) is 0 Å². The Morgan fingerprint density at radius 2 is 1.86 bits per heavy atom. The molecular weight excluding hydrogens is 130 g/mol. The molecule has 1 saturated heterocycles. The molecular formula is C3H6AlClO2. The molecule has 2 nitrogen and oxygen atoms in total. The Balaban J connectivity index is 2.12. The summed E-state index contributed by atoms with van der Waals surface area (Å²) in [5, 5.41) is 0. The van der Waals surface area contributed by atoms with Crippen LogP contribution in [-0.4, -0.2) is 27.1 Å². The number of hydrogen-bond acceptors (Lipinski definition) is 2. The molecule has 0 radical (unpaired) electrons. The summed E-state index contributed by atoms with van der Waals surface area (Å²) in [6.07, 6.45) is 0.996. The normalized spacial score (nSPS) is 22.7. The summed E-state index contributed by atoms with van der Waals surface area (Å²) in [4.78, 5) is 0. The maximum absolute atomic E-state index is 5.51. The second-order valence-electron chi connectivity index (χ2n) is 1.37. The maximum Gasteiger partial charge on any atom is 0.813 e. The van der Waals surface area contributed by atoms with E-state index in [1.54, 1.807) is 0 Å². The molecule has 7 heavy (non-hydrogen) atoms. The van der Waals surface area contributed by atoms with Crippen LogP contribution in [-0.2, 0) is 7.58 Å². The molecule has 0 aromatic rings. The van der Waals surface area contributed by atoms with E-state index in [9.17, 15) is 0 Å². The first kappa shape index (κ1) is 5.87. The van der Waals surface area contributed by atoms with Gasteiger partial charge in [0.15, 0.2) is 0 Å². The van der Waals surface area contributed by atoms with Gasteiger partial charge in [0.25, 0.3) is 0 Å². The van der Waals surface area contributed by atoms with Crippen LogP contribution in [0.4, 0.5) is 0 Å². The molecule has 0 atom stereocenters. The van der Waals surface area contributed by atoms with Crippen molar-refractivity contribution in [1.82, 2.24) is 0 Å². The Hall–Kier alpha value is 0.742. The molecule has 0 bridgehead atoms. The third-order valence-electron chi connectivity index (χ3n) is 0.786. The molecule has 1 aliphatic rings. The Bertz CT molecular complexity index is 54.9. The van der Waals surface area contributed by atoms with Gasteiger partial charge < -0.3 is 7.58 Å². The van der Waals surface area contributed by atoms with Gasteiger partial charge in [-0.3, -0.25) is 0 Å². The molecule has 0 saturated carbocycles. The van der Waals surface area contributed by atoms with Crippen LogP contribution in [0.25, 0.3) is 0 Å². The Kier molecular flexibility index (Phi) is 2.44. The molecule has 0 amide bonds. The van der Waals surface area contributed by atoms with Gasteiger partial charge in [-0.15, -0.1) is 0 Å². The van der Waals surface area contributed by atoms with Gasteiger partial charge in [-0.25, -0.2) is 0 Å². The van der Waals surface area contributed by atoms with Crippen molar-refractivity contribution in [2.75, 3.05) is 13.2 Å². The lowest BCUT2D eigenvalue weighted by Crippen LogP contribution is -2.23. The zero-order valence-corrected chi connectivity index (χ0v) is 5.80. The fraction of sp³-hybridized carbons (Fsp3) is 1.00. The zero-order chi connectivity index (χ0) is 5.11. The van der Waals surface area contributed by atoms with Crippen molar-refractivity contribution in [3.8, 4) is 0 Å². The molecule has 4 heteroatoms. The van der Waals surface area contributed by atoms with E-state index in [2.05, 4.69) is 0 Å². The van der Waals surface area contributed by atoms with E-state index in [0.29, 0.717) is 0 Å². The summed E-state index contributed by atoms with van der Waals surface area (Å²) in [5.74, 6) is 0. The second kappa shape index (κ2) is 2.91. The van der Waals surface area contributed by atoms with Crippen molar-refractivity contribution in [2.45, 2.75) is 6.42 Å². The molecule has 1 rings (SSSR count). The van der Waals surface area contributed by atoms with Crippen molar-refractivity contribution < 1.29 is 7.58 Å². The van der Waals surface area contributed by atoms with Crippen LogP contribution >= 0.6 is 10.0 Å². The SMILES string of the molecule is [Cl][Al]1[O]CCC[O]1. The van der Waals surface area contributed by atoms with Gasteiger partial charge in [0.05, 0.1) is 0 Å². The predicted molar refractivity (Wildman–Crippen MR) is 28.1 cm³/mol. The van der Waals surface area contributed by atoms with E-state index in [1.807, 2.05) is 0 Å². The van der Waals surface area contributed by atoms with Crippen molar-refractivity contribution in [3.05, 3.63) is 0 Å². The highest BCUT2D eigenvalue weighted by atomic mass is 35.6. The van der Waals surface area contributed by atoms with E-state index in [0.717, 1.165) is 19.6 Å². The van der Waals surface area contributed by atoms with Crippen LogP contribution in [0.3, 0.4) is 0 Å². The highest BCUT2D eigenvalue weighted by molar-refractivity contribution is 6.99. The molecule has 0 aromatic carbocycles. The van der Waals surface area contributed by atoms with Gasteiger partial charge in [-0.2, -0.15) is 10.0 Å². The largest absolute Gasteiger partial charge is 0.813 e. The molecule has 0 N–H and O–H groups in total. The minimum atomic E-state index is -1.62. The van der Waals surface area contributed by atoms with E-state index < -0.39 is 13.9 Å². The molecule has 0 spiro atoms. The Labute approximate surface area is 51.6 Å². The molecule has 1 fully saturated rings. The Morgan fingerprint density at radius 1 is 1.29 bits per heavy atom. The fourth-order valence-corrected chi connectivity index (χ4v) is 1.79. The predicted octanol–water partition coefficient (Wildman–Crippen LogP) is 0.647. The van der Waals surface area contributed by atoms with Crippen molar-refractivity contribution >= 4 is 23.9 Å². The summed E-state index contributed by atoms with van der Waals surface area (Å²) in [6.45, 7) is 1.58. The quantitative estimate of drug-likeness (QED) is 0.455. The number of hydrogen-bond donors (Lipinski definition) is 0. The highest BCUT2D eigenvalue weighted by Crippen LogP contribution is 2.02. The molecule has 1 heterocycles. The average Bonchev–Trinajstić information content (AvgIpc) is 1.69. The smallest absolute Gasteiger partial charge is 0.466 e. The van der Waals surface area contributed by atoms with Gasteiger partial charge >= 0.3 is 13.9 Å². The van der Waals surface area contributed by atoms with Gasteiger partial charge in [0.2, 0.25) is 0 Å². The van der Waals surface area contributed by atoms with E-state index in [1.165, 1.54) is 0 Å². The third kappa shape index (κ3) is 1.98. The number of rotatable bonds is 0. The number of halogens is 1. The van der Waals surface area contributed by atoms with Crippen molar-refractivity contribution in [1.29, 1.82) is 0 Å². The zero-order valence-electron chi connectivity index (χ0n) is 3.89. The summed E-state index contributed by atoms with van der Waals surface area (Å²) >= 11 is -1.62. The summed E-state index contributed by atoms with van der Waals surface area (Å²) < 4.78 is 9.92. The lowest BCUT2D eigenvalue weighted by atomic mass is 10.5. The van der Waals surface area contributed by atoms with Gasteiger partial charge in [-0.1, -0.05) is 0 Å². The van der Waals surface area contributed by atoms with E-state index in [-0.39, 0.29) is 0 Å². The van der Waals surface area contributed by atoms with Crippen LogP contribution in [0.1, 0.15) is 6.42 Å². The molecule has 0 unspecified atom stereocenters. The van der Waals surface area contributed by atoms with Gasteiger partial charge in [0.1, 0.15) is 0 Å². The molecule has 0 aliphatic carbocycles. The van der Waals surface area contributed by atoms with Gasteiger partial charge in [-0.05, 0) is 6.42 Å². The van der Waals surface area contributed by atoms with Crippen LogP contribution in [0.5, 0.6) is 0 Å². The average molecular weight is 137 g/mol. The lowest BCUT2D eigenvalue weighted by molar-refractivity contribution is 0.148. The first-order chi connectivity index (χ1) is 3.39. The molecule has 40 valence electrons. The fourth-order valence-electron chi connectivity index (χ4n) is 0.459. The van der Waals surface area contributed by atoms with Crippen LogP contribution in [0, 0.1) is 0 Å². The topological polar surface area (TPSA) is 18.5 Å². The minimum absolute atomic E-state index is 0.792. The Morgan fingerprint density at radius 3 is 2.14 bits per heavy atom. The minimum Gasteiger partial charge on any atom is -0.466 e. The third-order valence-corrected chi connectivity index (χ3v) is 2.54. The van der Waals surface area contributed by atoms with Gasteiger partial charge in [0, 0.05) is 13.2 Å². The first-order valence-corrected chi connectivity index (χ1v) is 4.96. The van der Waals surface area contributed by atoms with Crippen LogP contribution in [0.2, 0.25) is 0 Å². The van der Waals surface area contributed by atoms with Crippen LogP contribution < -0.4 is 0 Å². The standard InChI is InChI=1S/C3H6O2.Al.ClH/c4-2-1-3-5;;/h1-3H2;;1H/q-2;+3;/p-1. The summed E-state index contributed by atoms with van der Waals surface area (Å²) in [6, 6.07) is 0. The summed E-state index contributed by atoms with van der Waals surface area (Å²) in [5.41, 5.74) is 0. The lowest BCUT2D eigenvalue weighted by Gasteiger charge is -2.12. The maximum atomic E-state index is 5.51. The monoisotopic (exact) mass is 136 g/mol. The van der Waals surface area contributed by atoms with E-state index in [4.69, 9.17) is 17.6 Å². The van der Waals surface area contributed by atoms with Crippen molar-refractivity contribution in [3.63, 3.8) is 0 Å². The molecule has 1 aliphatic heterocycles. The first-order valence-electron chi connectivity index (χ1n) is 2.27. The highest BCUT2D eigenvalue weighted by Gasteiger charge is 2.25. The second-order valence-corrected chi connectivity index (χ2v) is 3.65.